The van der Waals surface area contributed by atoms with E-state index in [-0.39, 0.29) is 5.91 Å². The van der Waals surface area contributed by atoms with Crippen molar-refractivity contribution in [3.8, 4) is 11.5 Å². The zero-order chi connectivity index (χ0) is 22.3. The van der Waals surface area contributed by atoms with Crippen molar-refractivity contribution < 1.29 is 19.1 Å². The van der Waals surface area contributed by atoms with Crippen molar-refractivity contribution in [1.82, 2.24) is 5.43 Å². The first-order valence-corrected chi connectivity index (χ1v) is 11.0. The molecule has 1 N–H and O–H groups in total. The first kappa shape index (κ1) is 24.1. The van der Waals surface area contributed by atoms with Gasteiger partial charge in [0, 0.05) is 6.42 Å². The maximum atomic E-state index is 12.2. The van der Waals surface area contributed by atoms with E-state index in [0.717, 1.165) is 18.4 Å². The van der Waals surface area contributed by atoms with Gasteiger partial charge in [-0.1, -0.05) is 39.0 Å². The number of hydrogen-bond acceptors (Lipinski definition) is 5. The highest BCUT2D eigenvalue weighted by atomic mass is 16.5. The number of hydrogen-bond donors (Lipinski definition) is 1. The molecule has 31 heavy (non-hydrogen) atoms. The Balaban J connectivity index is 1.73. The van der Waals surface area contributed by atoms with Crippen molar-refractivity contribution in [3.63, 3.8) is 0 Å². The fourth-order valence-electron chi connectivity index (χ4n) is 2.94. The van der Waals surface area contributed by atoms with Crippen LogP contribution in [0.3, 0.4) is 0 Å². The predicted octanol–water partition coefficient (Wildman–Crippen LogP) is 5.51. The van der Waals surface area contributed by atoms with Crippen LogP contribution in [0.5, 0.6) is 11.5 Å². The zero-order valence-corrected chi connectivity index (χ0v) is 18.4. The number of amides is 1. The molecule has 166 valence electrons. The molecule has 0 heterocycles. The number of nitrogens with zero attached hydrogens (tertiary/aromatic N) is 1. The molecule has 0 fully saturated rings. The van der Waals surface area contributed by atoms with Gasteiger partial charge in [0.15, 0.2) is 0 Å². The molecule has 0 bridgehead atoms. The molecular weight excluding hydrogens is 392 g/mol. The Labute approximate surface area is 184 Å². The molecule has 0 unspecified atom stereocenters. The summed E-state index contributed by atoms with van der Waals surface area (Å²) < 4.78 is 10.7. The number of carbonyl (C=O) groups excluding carboxylic acids is 2. The minimum Gasteiger partial charge on any atom is -0.494 e. The lowest BCUT2D eigenvalue weighted by atomic mass is 10.1. The standard InChI is InChI=1S/C25H32N2O4/c1-3-5-6-7-8-9-10-24(28)27-26-19-20-11-15-23(16-12-20)31-25(29)21-13-17-22(18-14-21)30-4-2/h11-19H,3-10H2,1-2H3,(H,27,28)/b26-19-. The third-order valence-corrected chi connectivity index (χ3v) is 4.65. The Morgan fingerprint density at radius 1 is 0.871 bits per heavy atom. The average Bonchev–Trinajstić information content (AvgIpc) is 2.78. The Hall–Kier alpha value is -3.15. The van der Waals surface area contributed by atoms with Crippen LogP contribution in [0.1, 0.15) is 74.7 Å². The van der Waals surface area contributed by atoms with Crippen molar-refractivity contribution in [2.75, 3.05) is 6.61 Å². The molecule has 0 radical (unpaired) electrons. The van der Waals surface area contributed by atoms with Gasteiger partial charge in [-0.15, -0.1) is 0 Å². The summed E-state index contributed by atoms with van der Waals surface area (Å²) in [7, 11) is 0. The number of hydrazone groups is 1. The Morgan fingerprint density at radius 3 is 2.19 bits per heavy atom. The fourth-order valence-corrected chi connectivity index (χ4v) is 2.94. The number of carbonyl (C=O) groups is 2. The van der Waals surface area contributed by atoms with Gasteiger partial charge in [-0.3, -0.25) is 4.79 Å². The van der Waals surface area contributed by atoms with Gasteiger partial charge < -0.3 is 9.47 Å². The van der Waals surface area contributed by atoms with E-state index in [2.05, 4.69) is 17.5 Å². The number of rotatable bonds is 13. The van der Waals surface area contributed by atoms with Gasteiger partial charge >= 0.3 is 5.97 Å². The van der Waals surface area contributed by atoms with Gasteiger partial charge in [0.05, 0.1) is 18.4 Å². The minimum atomic E-state index is -0.438. The van der Waals surface area contributed by atoms with E-state index >= 15 is 0 Å². The van der Waals surface area contributed by atoms with Crippen LogP contribution in [0.4, 0.5) is 0 Å². The summed E-state index contributed by atoms with van der Waals surface area (Å²) in [4.78, 5) is 24.0. The van der Waals surface area contributed by atoms with Crippen LogP contribution >= 0.6 is 0 Å². The average molecular weight is 425 g/mol. The summed E-state index contributed by atoms with van der Waals surface area (Å²) >= 11 is 0. The van der Waals surface area contributed by atoms with Crippen LogP contribution in [-0.4, -0.2) is 24.7 Å². The molecule has 0 saturated heterocycles. The summed E-state index contributed by atoms with van der Waals surface area (Å²) in [6, 6.07) is 13.7. The lowest BCUT2D eigenvalue weighted by Gasteiger charge is -2.06. The van der Waals surface area contributed by atoms with Crippen molar-refractivity contribution >= 4 is 18.1 Å². The monoisotopic (exact) mass is 424 g/mol. The van der Waals surface area contributed by atoms with Crippen LogP contribution < -0.4 is 14.9 Å². The highest BCUT2D eigenvalue weighted by Crippen LogP contribution is 2.16. The van der Waals surface area contributed by atoms with Gasteiger partial charge in [0.1, 0.15) is 11.5 Å². The normalized spacial score (nSPS) is 10.8. The fraction of sp³-hybridized carbons (Fsp3) is 0.400. The van der Waals surface area contributed by atoms with E-state index in [1.165, 1.54) is 25.7 Å². The second kappa shape index (κ2) is 14.0. The lowest BCUT2D eigenvalue weighted by molar-refractivity contribution is -0.121. The molecule has 0 aliphatic rings. The third kappa shape index (κ3) is 9.47. The summed E-state index contributed by atoms with van der Waals surface area (Å²) in [5.74, 6) is 0.629. The van der Waals surface area contributed by atoms with Crippen LogP contribution in [0, 0.1) is 0 Å². The van der Waals surface area contributed by atoms with Crippen molar-refractivity contribution in [2.45, 2.75) is 58.8 Å². The summed E-state index contributed by atoms with van der Waals surface area (Å²) in [5, 5.41) is 3.99. The predicted molar refractivity (Wildman–Crippen MR) is 123 cm³/mol. The third-order valence-electron chi connectivity index (χ3n) is 4.65. The Morgan fingerprint density at radius 2 is 1.52 bits per heavy atom. The van der Waals surface area contributed by atoms with E-state index < -0.39 is 5.97 Å². The second-order valence-corrected chi connectivity index (χ2v) is 7.23. The van der Waals surface area contributed by atoms with E-state index in [4.69, 9.17) is 9.47 Å². The molecular formula is C25H32N2O4. The molecule has 0 aliphatic heterocycles. The Bertz CT molecular complexity index is 830. The highest BCUT2D eigenvalue weighted by molar-refractivity contribution is 5.91. The number of unbranched alkanes of at least 4 members (excludes halogenated alkanes) is 5. The summed E-state index contributed by atoms with van der Waals surface area (Å²) in [6.45, 7) is 4.66. The lowest BCUT2D eigenvalue weighted by Crippen LogP contribution is -2.16. The van der Waals surface area contributed by atoms with Gasteiger partial charge in [-0.2, -0.15) is 5.10 Å². The summed E-state index contributed by atoms with van der Waals surface area (Å²) in [5.41, 5.74) is 3.79. The molecule has 0 spiro atoms. The SMILES string of the molecule is CCCCCCCCC(=O)N/N=C\c1ccc(OC(=O)c2ccc(OCC)cc2)cc1. The molecule has 2 aromatic rings. The maximum absolute atomic E-state index is 12.2. The molecule has 0 aromatic heterocycles. The molecule has 6 heteroatoms. The maximum Gasteiger partial charge on any atom is 0.343 e. The topological polar surface area (TPSA) is 77.0 Å². The van der Waals surface area contributed by atoms with Crippen LogP contribution in [0.2, 0.25) is 0 Å². The van der Waals surface area contributed by atoms with Gasteiger partial charge in [-0.05, 0) is 67.4 Å². The quantitative estimate of drug-likeness (QED) is 0.151. The minimum absolute atomic E-state index is 0.0763. The largest absolute Gasteiger partial charge is 0.494 e. The van der Waals surface area contributed by atoms with Crippen molar-refractivity contribution in [2.24, 2.45) is 5.10 Å². The molecule has 0 aliphatic carbocycles. The Kier molecular flexibility index (Phi) is 10.9. The van der Waals surface area contributed by atoms with Crippen LogP contribution in [0.25, 0.3) is 0 Å². The number of nitrogens with one attached hydrogen (secondary N) is 1. The number of esters is 1. The molecule has 0 atom stereocenters. The first-order chi connectivity index (χ1) is 15.1. The highest BCUT2D eigenvalue weighted by Gasteiger charge is 2.08. The van der Waals surface area contributed by atoms with Crippen molar-refractivity contribution in [1.29, 1.82) is 0 Å². The summed E-state index contributed by atoms with van der Waals surface area (Å²) in [6.07, 6.45) is 8.92. The van der Waals surface area contributed by atoms with Gasteiger partial charge in [0.25, 0.3) is 0 Å². The van der Waals surface area contributed by atoms with E-state index in [0.29, 0.717) is 30.1 Å². The number of benzene rings is 2. The van der Waals surface area contributed by atoms with E-state index in [9.17, 15) is 9.59 Å². The molecule has 2 rings (SSSR count). The van der Waals surface area contributed by atoms with Gasteiger partial charge in [-0.25, -0.2) is 10.2 Å². The first-order valence-electron chi connectivity index (χ1n) is 11.0. The van der Waals surface area contributed by atoms with Crippen LogP contribution in [0.15, 0.2) is 53.6 Å². The number of ether oxygens (including phenoxy) is 2. The zero-order valence-electron chi connectivity index (χ0n) is 18.4. The van der Waals surface area contributed by atoms with E-state index in [1.807, 2.05) is 6.92 Å². The smallest absolute Gasteiger partial charge is 0.343 e. The molecule has 0 saturated carbocycles. The second-order valence-electron chi connectivity index (χ2n) is 7.23. The molecule has 1 amide bonds. The molecule has 6 nitrogen and oxygen atoms in total. The molecule has 2 aromatic carbocycles. The van der Waals surface area contributed by atoms with E-state index in [1.54, 1.807) is 54.7 Å². The van der Waals surface area contributed by atoms with Gasteiger partial charge in [0.2, 0.25) is 5.91 Å². The van der Waals surface area contributed by atoms with Crippen LogP contribution in [-0.2, 0) is 4.79 Å². The van der Waals surface area contributed by atoms with Crippen molar-refractivity contribution in [3.05, 3.63) is 59.7 Å².